The molecule has 0 aliphatic rings. The van der Waals surface area contributed by atoms with Gasteiger partial charge in [-0.1, -0.05) is 19.1 Å². The third kappa shape index (κ3) is 3.25. The smallest absolute Gasteiger partial charge is 0.336 e. The van der Waals surface area contributed by atoms with Crippen molar-refractivity contribution in [3.63, 3.8) is 0 Å². The van der Waals surface area contributed by atoms with Crippen LogP contribution >= 0.6 is 11.3 Å². The Morgan fingerprint density at radius 2 is 2.23 bits per heavy atom. The van der Waals surface area contributed by atoms with Crippen molar-refractivity contribution in [3.05, 3.63) is 69.3 Å². The standard InChI is InChI=1S/C19H16N2O4S/c1-2-12-3-4-15-13(8-18(23)25-16(15)7-12)11-24-17(22)9-14-10-21-5-6-26-19(21)20-14/h3-8,10H,2,9,11H2,1H3. The zero-order valence-electron chi connectivity index (χ0n) is 14.1. The van der Waals surface area contributed by atoms with Gasteiger partial charge in [0, 0.05) is 34.8 Å². The molecule has 3 heterocycles. The molecule has 7 heteroatoms. The summed E-state index contributed by atoms with van der Waals surface area (Å²) in [5.74, 6) is -0.387. The van der Waals surface area contributed by atoms with Crippen LogP contribution in [0.15, 0.2) is 51.3 Å². The summed E-state index contributed by atoms with van der Waals surface area (Å²) in [7, 11) is 0. The summed E-state index contributed by atoms with van der Waals surface area (Å²) < 4.78 is 12.5. The van der Waals surface area contributed by atoms with Gasteiger partial charge in [0.1, 0.15) is 12.2 Å². The predicted octanol–water partition coefficient (Wildman–Crippen LogP) is 3.35. The van der Waals surface area contributed by atoms with Crippen molar-refractivity contribution in [2.24, 2.45) is 0 Å². The quantitative estimate of drug-likeness (QED) is 0.399. The van der Waals surface area contributed by atoms with E-state index in [1.807, 2.05) is 47.3 Å². The molecule has 6 nitrogen and oxygen atoms in total. The van der Waals surface area contributed by atoms with E-state index >= 15 is 0 Å². The lowest BCUT2D eigenvalue weighted by molar-refractivity contribution is -0.144. The van der Waals surface area contributed by atoms with Gasteiger partial charge in [-0.15, -0.1) is 11.3 Å². The van der Waals surface area contributed by atoms with Gasteiger partial charge in [0.15, 0.2) is 4.96 Å². The predicted molar refractivity (Wildman–Crippen MR) is 98.4 cm³/mol. The number of fused-ring (bicyclic) bond motifs is 2. The third-order valence-corrected chi connectivity index (χ3v) is 4.93. The van der Waals surface area contributed by atoms with Crippen LogP contribution < -0.4 is 5.63 Å². The lowest BCUT2D eigenvalue weighted by atomic mass is 10.1. The summed E-state index contributed by atoms with van der Waals surface area (Å²) in [6, 6.07) is 7.09. The molecule has 3 aromatic heterocycles. The highest BCUT2D eigenvalue weighted by Gasteiger charge is 2.12. The maximum atomic E-state index is 12.1. The molecule has 0 N–H and O–H groups in total. The number of rotatable bonds is 5. The van der Waals surface area contributed by atoms with Crippen LogP contribution in [0.4, 0.5) is 0 Å². The second kappa shape index (κ2) is 6.76. The van der Waals surface area contributed by atoms with E-state index in [-0.39, 0.29) is 19.0 Å². The average molecular weight is 368 g/mol. The number of aryl methyl sites for hydroxylation is 1. The van der Waals surface area contributed by atoms with Gasteiger partial charge in [-0.3, -0.25) is 9.20 Å². The number of esters is 1. The minimum atomic E-state index is -0.453. The van der Waals surface area contributed by atoms with Gasteiger partial charge in [-0.25, -0.2) is 9.78 Å². The molecule has 0 amide bonds. The number of carbonyl (C=O) groups excluding carboxylic acids is 1. The molecule has 0 aliphatic carbocycles. The minimum Gasteiger partial charge on any atom is -0.460 e. The van der Waals surface area contributed by atoms with E-state index in [9.17, 15) is 9.59 Å². The van der Waals surface area contributed by atoms with Crippen LogP contribution in [0.5, 0.6) is 0 Å². The van der Waals surface area contributed by atoms with Crippen LogP contribution in [0, 0.1) is 0 Å². The van der Waals surface area contributed by atoms with E-state index < -0.39 is 5.63 Å². The number of aromatic nitrogens is 2. The maximum absolute atomic E-state index is 12.1. The second-order valence-electron chi connectivity index (χ2n) is 5.94. The van der Waals surface area contributed by atoms with Crippen LogP contribution in [-0.4, -0.2) is 15.4 Å². The van der Waals surface area contributed by atoms with Crippen molar-refractivity contribution in [3.8, 4) is 0 Å². The van der Waals surface area contributed by atoms with Crippen LogP contribution in [0.2, 0.25) is 0 Å². The largest absolute Gasteiger partial charge is 0.460 e. The van der Waals surface area contributed by atoms with E-state index in [1.54, 1.807) is 0 Å². The van der Waals surface area contributed by atoms with Crippen molar-refractivity contribution in [1.29, 1.82) is 0 Å². The summed E-state index contributed by atoms with van der Waals surface area (Å²) in [5, 5.41) is 2.71. The molecule has 0 saturated heterocycles. The Kier molecular flexibility index (Phi) is 4.30. The highest BCUT2D eigenvalue weighted by Crippen LogP contribution is 2.20. The number of hydrogen-bond acceptors (Lipinski definition) is 6. The number of hydrogen-bond donors (Lipinski definition) is 0. The minimum absolute atomic E-state index is 0.0224. The molecule has 1 aromatic carbocycles. The molecule has 0 fully saturated rings. The van der Waals surface area contributed by atoms with Crippen molar-refractivity contribution in [1.82, 2.24) is 9.38 Å². The van der Waals surface area contributed by atoms with Crippen molar-refractivity contribution >= 4 is 33.2 Å². The topological polar surface area (TPSA) is 73.8 Å². The van der Waals surface area contributed by atoms with Crippen molar-refractivity contribution in [2.75, 3.05) is 0 Å². The summed E-state index contributed by atoms with van der Waals surface area (Å²) in [6.45, 7) is 2.06. The molecule has 0 unspecified atom stereocenters. The van der Waals surface area contributed by atoms with Gasteiger partial charge in [-0.05, 0) is 18.1 Å². The van der Waals surface area contributed by atoms with E-state index in [0.717, 1.165) is 22.3 Å². The van der Waals surface area contributed by atoms with Gasteiger partial charge in [0.25, 0.3) is 0 Å². The van der Waals surface area contributed by atoms with Gasteiger partial charge in [-0.2, -0.15) is 0 Å². The third-order valence-electron chi connectivity index (χ3n) is 4.16. The summed E-state index contributed by atoms with van der Waals surface area (Å²) in [6.07, 6.45) is 4.64. The molecule has 0 spiro atoms. The lowest BCUT2D eigenvalue weighted by Gasteiger charge is -2.07. The summed E-state index contributed by atoms with van der Waals surface area (Å²) in [5.41, 5.74) is 2.43. The molecule has 4 aromatic rings. The Hall–Kier alpha value is -2.93. The van der Waals surface area contributed by atoms with Crippen LogP contribution in [0.3, 0.4) is 0 Å². The van der Waals surface area contributed by atoms with E-state index in [2.05, 4.69) is 4.98 Å². The molecule has 0 saturated carbocycles. The molecule has 132 valence electrons. The number of ether oxygens (including phenoxy) is 1. The normalized spacial score (nSPS) is 11.3. The van der Waals surface area contributed by atoms with E-state index in [0.29, 0.717) is 16.8 Å². The van der Waals surface area contributed by atoms with Gasteiger partial charge in [0.05, 0.1) is 12.1 Å². The Labute approximate surface area is 152 Å². The Bertz CT molecular complexity index is 1130. The van der Waals surface area contributed by atoms with E-state index in [4.69, 9.17) is 9.15 Å². The molecule has 0 atom stereocenters. The van der Waals surface area contributed by atoms with E-state index in [1.165, 1.54) is 17.4 Å². The fourth-order valence-corrected chi connectivity index (χ4v) is 3.55. The van der Waals surface area contributed by atoms with Crippen LogP contribution in [-0.2, 0) is 29.0 Å². The molecule has 0 aliphatic heterocycles. The monoisotopic (exact) mass is 368 g/mol. The summed E-state index contributed by atoms with van der Waals surface area (Å²) >= 11 is 1.51. The van der Waals surface area contributed by atoms with Crippen molar-refractivity contribution in [2.45, 2.75) is 26.4 Å². The van der Waals surface area contributed by atoms with Gasteiger partial charge < -0.3 is 9.15 Å². The first-order valence-corrected chi connectivity index (χ1v) is 9.12. The molecule has 0 bridgehead atoms. The zero-order chi connectivity index (χ0) is 18.1. The zero-order valence-corrected chi connectivity index (χ0v) is 14.9. The maximum Gasteiger partial charge on any atom is 0.336 e. The summed E-state index contributed by atoms with van der Waals surface area (Å²) in [4.78, 5) is 29.1. The first-order valence-electron chi connectivity index (χ1n) is 8.25. The molecular formula is C19H16N2O4S. The molecule has 26 heavy (non-hydrogen) atoms. The first kappa shape index (κ1) is 16.5. The number of nitrogens with zero attached hydrogens (tertiary/aromatic N) is 2. The highest BCUT2D eigenvalue weighted by atomic mass is 32.1. The molecular weight excluding hydrogens is 352 g/mol. The number of imidazole rings is 1. The van der Waals surface area contributed by atoms with Gasteiger partial charge in [0.2, 0.25) is 0 Å². The number of thiazole rings is 1. The SMILES string of the molecule is CCc1ccc2c(COC(=O)Cc3cn4ccsc4n3)cc(=O)oc2c1. The van der Waals surface area contributed by atoms with Crippen molar-refractivity contribution < 1.29 is 13.9 Å². The molecule has 4 rings (SSSR count). The van der Waals surface area contributed by atoms with Crippen LogP contribution in [0.1, 0.15) is 23.7 Å². The average Bonchev–Trinajstić information content (AvgIpc) is 3.20. The molecule has 0 radical (unpaired) electrons. The Balaban J connectivity index is 1.50. The number of carbonyl (C=O) groups is 1. The lowest BCUT2D eigenvalue weighted by Crippen LogP contribution is -2.10. The first-order chi connectivity index (χ1) is 12.6. The Morgan fingerprint density at radius 1 is 1.35 bits per heavy atom. The second-order valence-corrected chi connectivity index (χ2v) is 6.81. The fraction of sp³-hybridized carbons (Fsp3) is 0.211. The van der Waals surface area contributed by atoms with Crippen LogP contribution in [0.25, 0.3) is 15.9 Å². The number of benzene rings is 1. The Morgan fingerprint density at radius 3 is 3.04 bits per heavy atom. The van der Waals surface area contributed by atoms with Gasteiger partial charge >= 0.3 is 11.6 Å². The fourth-order valence-electron chi connectivity index (χ4n) is 2.83. The highest BCUT2D eigenvalue weighted by molar-refractivity contribution is 7.15.